The lowest BCUT2D eigenvalue weighted by atomic mass is 10.1. The molecule has 0 radical (unpaired) electrons. The summed E-state index contributed by atoms with van der Waals surface area (Å²) >= 11 is 1.25. The summed E-state index contributed by atoms with van der Waals surface area (Å²) in [5.74, 6) is -0.0290. The number of aryl methyl sites for hydroxylation is 1. The lowest BCUT2D eigenvalue weighted by molar-refractivity contribution is -0.113. The van der Waals surface area contributed by atoms with Crippen LogP contribution in [0.4, 0.5) is 10.1 Å². The van der Waals surface area contributed by atoms with Crippen LogP contribution in [0.3, 0.4) is 0 Å². The Bertz CT molecular complexity index is 1070. The predicted octanol–water partition coefficient (Wildman–Crippen LogP) is 3.97. The number of anilines is 1. The van der Waals surface area contributed by atoms with Gasteiger partial charge in [0.15, 0.2) is 11.0 Å². The molecule has 2 N–H and O–H groups in total. The van der Waals surface area contributed by atoms with E-state index < -0.39 is 0 Å². The number of carbonyl (C=O) groups is 2. The fourth-order valence-electron chi connectivity index (χ4n) is 3.05. The molecule has 1 atom stereocenters. The minimum atomic E-state index is -0.361. The number of nitrogens with zero attached hydrogens (tertiary/aromatic N) is 3. The first-order chi connectivity index (χ1) is 14.9. The Morgan fingerprint density at radius 1 is 1.13 bits per heavy atom. The molecule has 7 nitrogen and oxygen atoms in total. The first-order valence-corrected chi connectivity index (χ1v) is 10.9. The van der Waals surface area contributed by atoms with E-state index >= 15 is 0 Å². The maximum Gasteiger partial charge on any atom is 0.252 e. The molecule has 0 unspecified atom stereocenters. The summed E-state index contributed by atoms with van der Waals surface area (Å²) in [4.78, 5) is 24.8. The molecular weight excluding hydrogens is 417 g/mol. The number of aromatic nitrogens is 3. The fourth-order valence-corrected chi connectivity index (χ4v) is 3.86. The third kappa shape index (κ3) is 5.69. The molecule has 9 heteroatoms. The Hall–Kier alpha value is -3.20. The molecule has 162 valence electrons. The fraction of sp³-hybridized carbons (Fsp3) is 0.273. The number of thioether (sulfide) groups is 1. The number of hydrogen-bond donors (Lipinski definition) is 2. The Labute approximate surface area is 184 Å². The monoisotopic (exact) mass is 441 g/mol. The summed E-state index contributed by atoms with van der Waals surface area (Å²) in [5, 5.41) is 14.7. The average molecular weight is 442 g/mol. The third-order valence-electron chi connectivity index (χ3n) is 4.65. The van der Waals surface area contributed by atoms with Crippen LogP contribution in [0.5, 0.6) is 0 Å². The van der Waals surface area contributed by atoms with Crippen molar-refractivity contribution in [3.63, 3.8) is 0 Å². The van der Waals surface area contributed by atoms with E-state index in [-0.39, 0.29) is 29.4 Å². The van der Waals surface area contributed by atoms with Gasteiger partial charge in [-0.1, -0.05) is 30.0 Å². The van der Waals surface area contributed by atoms with Gasteiger partial charge in [0.05, 0.1) is 11.8 Å². The Kier molecular flexibility index (Phi) is 7.41. The van der Waals surface area contributed by atoms with Gasteiger partial charge in [0.1, 0.15) is 5.82 Å². The Balaban J connectivity index is 1.63. The van der Waals surface area contributed by atoms with Gasteiger partial charge < -0.3 is 15.2 Å². The summed E-state index contributed by atoms with van der Waals surface area (Å²) in [7, 11) is 0. The second-order valence-electron chi connectivity index (χ2n) is 6.94. The molecule has 0 aliphatic heterocycles. The highest BCUT2D eigenvalue weighted by atomic mass is 32.2. The largest absolute Gasteiger partial charge is 0.342 e. The highest BCUT2D eigenvalue weighted by molar-refractivity contribution is 7.99. The van der Waals surface area contributed by atoms with Crippen molar-refractivity contribution in [2.75, 3.05) is 11.1 Å². The van der Waals surface area contributed by atoms with Gasteiger partial charge in [-0.2, -0.15) is 0 Å². The second-order valence-corrected chi connectivity index (χ2v) is 7.88. The summed E-state index contributed by atoms with van der Waals surface area (Å²) in [5.41, 5.74) is 2.04. The molecule has 0 spiro atoms. The lowest BCUT2D eigenvalue weighted by Crippen LogP contribution is -2.29. The van der Waals surface area contributed by atoms with Crippen molar-refractivity contribution in [3.05, 3.63) is 71.3 Å². The molecule has 0 aliphatic rings. The van der Waals surface area contributed by atoms with Crippen LogP contribution in [0, 0.1) is 12.7 Å². The molecule has 3 aromatic rings. The van der Waals surface area contributed by atoms with E-state index in [4.69, 9.17) is 0 Å². The van der Waals surface area contributed by atoms with Crippen LogP contribution in [0.1, 0.15) is 41.6 Å². The van der Waals surface area contributed by atoms with E-state index in [2.05, 4.69) is 20.8 Å². The molecule has 2 aromatic carbocycles. The number of rotatable bonds is 8. The van der Waals surface area contributed by atoms with Gasteiger partial charge in [0.25, 0.3) is 5.91 Å². The van der Waals surface area contributed by atoms with Crippen molar-refractivity contribution in [2.45, 2.75) is 38.5 Å². The maximum atomic E-state index is 13.0. The van der Waals surface area contributed by atoms with Crippen molar-refractivity contribution in [3.8, 4) is 0 Å². The predicted molar refractivity (Wildman–Crippen MR) is 119 cm³/mol. The van der Waals surface area contributed by atoms with Crippen molar-refractivity contribution in [1.29, 1.82) is 0 Å². The maximum absolute atomic E-state index is 13.0. The first-order valence-electron chi connectivity index (χ1n) is 9.86. The van der Waals surface area contributed by atoms with Crippen LogP contribution in [-0.4, -0.2) is 32.3 Å². The van der Waals surface area contributed by atoms with Crippen LogP contribution < -0.4 is 10.6 Å². The van der Waals surface area contributed by atoms with Gasteiger partial charge >= 0.3 is 0 Å². The van der Waals surface area contributed by atoms with Crippen molar-refractivity contribution in [2.24, 2.45) is 0 Å². The van der Waals surface area contributed by atoms with Crippen LogP contribution in [0.2, 0.25) is 0 Å². The van der Waals surface area contributed by atoms with E-state index in [0.29, 0.717) is 28.8 Å². The molecule has 31 heavy (non-hydrogen) atoms. The van der Waals surface area contributed by atoms with Gasteiger partial charge in [-0.3, -0.25) is 9.59 Å². The molecule has 2 amide bonds. The lowest BCUT2D eigenvalue weighted by Gasteiger charge is -2.16. The van der Waals surface area contributed by atoms with Crippen molar-refractivity contribution in [1.82, 2.24) is 20.1 Å². The minimum Gasteiger partial charge on any atom is -0.342 e. The van der Waals surface area contributed by atoms with Crippen LogP contribution in [-0.2, 0) is 11.3 Å². The van der Waals surface area contributed by atoms with E-state index in [1.807, 2.05) is 43.5 Å². The number of nitrogens with one attached hydrogen (secondary N) is 2. The molecule has 3 rings (SSSR count). The third-order valence-corrected chi connectivity index (χ3v) is 5.61. The molecular formula is C22H24FN5O2S. The summed E-state index contributed by atoms with van der Waals surface area (Å²) in [6, 6.07) is 12.6. The normalized spacial score (nSPS) is 11.7. The van der Waals surface area contributed by atoms with E-state index in [9.17, 15) is 14.0 Å². The number of amides is 2. The zero-order valence-electron chi connectivity index (χ0n) is 17.6. The number of halogens is 1. The minimum absolute atomic E-state index is 0.124. The van der Waals surface area contributed by atoms with Crippen LogP contribution in [0.15, 0.2) is 53.7 Å². The van der Waals surface area contributed by atoms with E-state index in [0.717, 1.165) is 5.56 Å². The van der Waals surface area contributed by atoms with E-state index in [1.165, 1.54) is 36.0 Å². The summed E-state index contributed by atoms with van der Waals surface area (Å²) in [6.07, 6.45) is 0. The topological polar surface area (TPSA) is 88.9 Å². The molecule has 0 bridgehead atoms. The van der Waals surface area contributed by atoms with Gasteiger partial charge in [-0.25, -0.2) is 4.39 Å². The SMILES string of the molecule is CCn1c(SCC(=O)Nc2ccc(F)cc2)nnc1[C@H](C)NC(=O)c1ccccc1C. The zero-order valence-corrected chi connectivity index (χ0v) is 18.4. The Morgan fingerprint density at radius 2 is 1.84 bits per heavy atom. The highest BCUT2D eigenvalue weighted by Gasteiger charge is 2.20. The van der Waals surface area contributed by atoms with Crippen molar-refractivity contribution >= 4 is 29.3 Å². The highest BCUT2D eigenvalue weighted by Crippen LogP contribution is 2.21. The average Bonchev–Trinajstić information content (AvgIpc) is 3.17. The molecule has 0 fully saturated rings. The second kappa shape index (κ2) is 10.2. The standard InChI is InChI=1S/C22H24FN5O2S/c1-4-28-20(15(3)24-21(30)18-8-6-5-7-14(18)2)26-27-22(28)31-13-19(29)25-17-11-9-16(23)10-12-17/h5-12,15H,4,13H2,1-3H3,(H,24,30)(H,25,29)/t15-/m0/s1. The zero-order chi connectivity index (χ0) is 22.4. The van der Waals surface area contributed by atoms with Crippen molar-refractivity contribution < 1.29 is 14.0 Å². The number of benzene rings is 2. The molecule has 1 heterocycles. The molecule has 0 saturated carbocycles. The van der Waals surface area contributed by atoms with Gasteiger partial charge in [0.2, 0.25) is 5.91 Å². The number of carbonyl (C=O) groups excluding carboxylic acids is 2. The molecule has 1 aromatic heterocycles. The molecule has 0 aliphatic carbocycles. The first kappa shape index (κ1) is 22.5. The smallest absolute Gasteiger partial charge is 0.252 e. The van der Waals surface area contributed by atoms with E-state index in [1.54, 1.807) is 6.07 Å². The number of hydrogen-bond acceptors (Lipinski definition) is 5. The van der Waals surface area contributed by atoms with Gasteiger partial charge in [0, 0.05) is 17.8 Å². The molecule has 0 saturated heterocycles. The Morgan fingerprint density at radius 3 is 2.52 bits per heavy atom. The van der Waals surface area contributed by atoms with Gasteiger partial charge in [-0.05, 0) is 56.7 Å². The van der Waals surface area contributed by atoms with Gasteiger partial charge in [-0.15, -0.1) is 10.2 Å². The van der Waals surface area contributed by atoms with Crippen LogP contribution in [0.25, 0.3) is 0 Å². The summed E-state index contributed by atoms with van der Waals surface area (Å²) < 4.78 is 14.9. The van der Waals surface area contributed by atoms with Crippen LogP contribution >= 0.6 is 11.8 Å². The summed E-state index contributed by atoms with van der Waals surface area (Å²) in [6.45, 7) is 6.28. The quantitative estimate of drug-likeness (QED) is 0.517.